The highest BCUT2D eigenvalue weighted by Gasteiger charge is 2.19. The standard InChI is InChI=1S/C12H14BrN3O/c1-8(5-6-14)16(2)12(17)10-7-9(15)3-4-11(10)13/h3-4,7-8H,5,15H2,1-2H3. The van der Waals surface area contributed by atoms with Crippen LogP contribution < -0.4 is 5.73 Å². The molecular weight excluding hydrogens is 282 g/mol. The number of carbonyl (C=O) groups is 1. The zero-order valence-electron chi connectivity index (χ0n) is 9.77. The Morgan fingerprint density at radius 3 is 2.88 bits per heavy atom. The molecule has 0 saturated carbocycles. The van der Waals surface area contributed by atoms with Gasteiger partial charge < -0.3 is 10.6 Å². The third-order valence-corrected chi connectivity index (χ3v) is 3.28. The Kier molecular flexibility index (Phi) is 4.53. The number of halogens is 1. The monoisotopic (exact) mass is 295 g/mol. The van der Waals surface area contributed by atoms with Gasteiger partial charge in [-0.3, -0.25) is 4.79 Å². The molecular formula is C12H14BrN3O. The molecule has 0 aliphatic heterocycles. The Hall–Kier alpha value is -1.54. The van der Waals surface area contributed by atoms with E-state index >= 15 is 0 Å². The molecule has 0 aliphatic rings. The molecule has 1 unspecified atom stereocenters. The highest BCUT2D eigenvalue weighted by Crippen LogP contribution is 2.21. The molecule has 0 heterocycles. The van der Waals surface area contributed by atoms with E-state index in [1.165, 1.54) is 0 Å². The number of benzene rings is 1. The molecule has 4 nitrogen and oxygen atoms in total. The van der Waals surface area contributed by atoms with Gasteiger partial charge in [0.2, 0.25) is 0 Å². The summed E-state index contributed by atoms with van der Waals surface area (Å²) in [7, 11) is 1.68. The predicted molar refractivity (Wildman–Crippen MR) is 70.3 cm³/mol. The molecule has 0 saturated heterocycles. The summed E-state index contributed by atoms with van der Waals surface area (Å²) in [6, 6.07) is 7.02. The second kappa shape index (κ2) is 5.69. The molecule has 0 spiro atoms. The first kappa shape index (κ1) is 13.5. The van der Waals surface area contributed by atoms with Gasteiger partial charge in [-0.25, -0.2) is 0 Å². The van der Waals surface area contributed by atoms with E-state index in [1.807, 2.05) is 6.92 Å². The van der Waals surface area contributed by atoms with Gasteiger partial charge in [-0.15, -0.1) is 0 Å². The van der Waals surface area contributed by atoms with Crippen molar-refractivity contribution in [2.75, 3.05) is 12.8 Å². The fraction of sp³-hybridized carbons (Fsp3) is 0.333. The van der Waals surface area contributed by atoms with Crippen molar-refractivity contribution in [1.29, 1.82) is 5.26 Å². The number of amides is 1. The van der Waals surface area contributed by atoms with Gasteiger partial charge in [-0.05, 0) is 41.1 Å². The Balaban J connectivity index is 2.96. The Labute approximate surface area is 109 Å². The summed E-state index contributed by atoms with van der Waals surface area (Å²) in [5.41, 5.74) is 6.71. The van der Waals surface area contributed by atoms with Gasteiger partial charge in [0.25, 0.3) is 5.91 Å². The first-order valence-corrected chi connectivity index (χ1v) is 5.95. The number of anilines is 1. The van der Waals surface area contributed by atoms with Crippen molar-refractivity contribution in [2.24, 2.45) is 0 Å². The number of hydrogen-bond donors (Lipinski definition) is 1. The molecule has 1 aromatic rings. The minimum absolute atomic E-state index is 0.124. The number of nitriles is 1. The van der Waals surface area contributed by atoms with Crippen molar-refractivity contribution in [1.82, 2.24) is 4.90 Å². The molecule has 1 rings (SSSR count). The van der Waals surface area contributed by atoms with Crippen LogP contribution in [0.4, 0.5) is 5.69 Å². The largest absolute Gasteiger partial charge is 0.399 e. The summed E-state index contributed by atoms with van der Waals surface area (Å²) in [4.78, 5) is 13.7. The maximum absolute atomic E-state index is 12.2. The lowest BCUT2D eigenvalue weighted by Gasteiger charge is -2.23. The van der Waals surface area contributed by atoms with Crippen LogP contribution in [0, 0.1) is 11.3 Å². The first-order valence-electron chi connectivity index (χ1n) is 5.16. The normalized spacial score (nSPS) is 11.6. The molecule has 1 aromatic carbocycles. The van der Waals surface area contributed by atoms with Crippen LogP contribution in [-0.4, -0.2) is 23.9 Å². The summed E-state index contributed by atoms with van der Waals surface area (Å²) in [5, 5.41) is 8.62. The number of rotatable bonds is 3. The Morgan fingerprint density at radius 1 is 1.65 bits per heavy atom. The molecule has 1 amide bonds. The van der Waals surface area contributed by atoms with Gasteiger partial charge in [0.15, 0.2) is 0 Å². The SMILES string of the molecule is CC(CC#N)N(C)C(=O)c1cc(N)ccc1Br. The average Bonchev–Trinajstić information content (AvgIpc) is 2.30. The predicted octanol–water partition coefficient (Wildman–Crippen LogP) is 2.41. The second-order valence-electron chi connectivity index (χ2n) is 3.87. The van der Waals surface area contributed by atoms with E-state index in [9.17, 15) is 4.79 Å². The van der Waals surface area contributed by atoms with Crippen LogP contribution >= 0.6 is 15.9 Å². The number of nitrogens with zero attached hydrogens (tertiary/aromatic N) is 2. The molecule has 0 aromatic heterocycles. The maximum Gasteiger partial charge on any atom is 0.255 e. The van der Waals surface area contributed by atoms with E-state index in [0.29, 0.717) is 22.1 Å². The van der Waals surface area contributed by atoms with E-state index in [-0.39, 0.29) is 11.9 Å². The van der Waals surface area contributed by atoms with Crippen molar-refractivity contribution in [3.63, 3.8) is 0 Å². The van der Waals surface area contributed by atoms with Crippen LogP contribution in [0.15, 0.2) is 22.7 Å². The molecule has 0 bridgehead atoms. The van der Waals surface area contributed by atoms with Crippen LogP contribution in [0.25, 0.3) is 0 Å². The summed E-state index contributed by atoms with van der Waals surface area (Å²) >= 11 is 3.32. The van der Waals surface area contributed by atoms with Crippen molar-refractivity contribution in [3.05, 3.63) is 28.2 Å². The third-order valence-electron chi connectivity index (χ3n) is 2.59. The maximum atomic E-state index is 12.2. The lowest BCUT2D eigenvalue weighted by atomic mass is 10.1. The Morgan fingerprint density at radius 2 is 2.29 bits per heavy atom. The highest BCUT2D eigenvalue weighted by atomic mass is 79.9. The molecule has 17 heavy (non-hydrogen) atoms. The van der Waals surface area contributed by atoms with Crippen molar-refractivity contribution in [3.8, 4) is 6.07 Å². The molecule has 5 heteroatoms. The van der Waals surface area contributed by atoms with Crippen molar-refractivity contribution >= 4 is 27.5 Å². The van der Waals surface area contributed by atoms with Gasteiger partial charge in [-0.1, -0.05) is 0 Å². The average molecular weight is 296 g/mol. The number of nitrogens with two attached hydrogens (primary N) is 1. The smallest absolute Gasteiger partial charge is 0.255 e. The highest BCUT2D eigenvalue weighted by molar-refractivity contribution is 9.10. The fourth-order valence-electron chi connectivity index (χ4n) is 1.37. The summed E-state index contributed by atoms with van der Waals surface area (Å²) in [6.45, 7) is 1.83. The van der Waals surface area contributed by atoms with Crippen LogP contribution in [0.1, 0.15) is 23.7 Å². The topological polar surface area (TPSA) is 70.1 Å². The minimum Gasteiger partial charge on any atom is -0.399 e. The van der Waals surface area contributed by atoms with E-state index in [4.69, 9.17) is 11.0 Å². The van der Waals surface area contributed by atoms with Crippen LogP contribution in [0.3, 0.4) is 0 Å². The third kappa shape index (κ3) is 3.21. The van der Waals surface area contributed by atoms with Gasteiger partial charge in [-0.2, -0.15) is 5.26 Å². The van der Waals surface area contributed by atoms with E-state index in [2.05, 4.69) is 22.0 Å². The van der Waals surface area contributed by atoms with Gasteiger partial charge in [0.05, 0.1) is 18.1 Å². The number of carbonyl (C=O) groups excluding carboxylic acids is 1. The second-order valence-corrected chi connectivity index (χ2v) is 4.72. The molecule has 0 aliphatic carbocycles. The van der Waals surface area contributed by atoms with E-state index in [0.717, 1.165) is 0 Å². The molecule has 0 fully saturated rings. The van der Waals surface area contributed by atoms with Gasteiger partial charge >= 0.3 is 0 Å². The van der Waals surface area contributed by atoms with Crippen molar-refractivity contribution < 1.29 is 4.79 Å². The molecule has 90 valence electrons. The zero-order chi connectivity index (χ0) is 13.0. The number of nitrogen functional groups attached to an aromatic ring is 1. The number of hydrogen-bond acceptors (Lipinski definition) is 3. The molecule has 2 N–H and O–H groups in total. The van der Waals surface area contributed by atoms with Crippen LogP contribution in [-0.2, 0) is 0 Å². The van der Waals surface area contributed by atoms with Gasteiger partial charge in [0, 0.05) is 23.2 Å². The molecule has 1 atom stereocenters. The van der Waals surface area contributed by atoms with Gasteiger partial charge in [0.1, 0.15) is 0 Å². The van der Waals surface area contributed by atoms with Crippen LogP contribution in [0.5, 0.6) is 0 Å². The fourth-order valence-corrected chi connectivity index (χ4v) is 1.78. The minimum atomic E-state index is -0.146. The Bertz CT molecular complexity index is 467. The quantitative estimate of drug-likeness (QED) is 0.871. The lowest BCUT2D eigenvalue weighted by Crippen LogP contribution is -2.35. The molecule has 0 radical (unpaired) electrons. The first-order chi connectivity index (χ1) is 7.97. The summed E-state index contributed by atoms with van der Waals surface area (Å²) < 4.78 is 0.702. The van der Waals surface area contributed by atoms with Crippen molar-refractivity contribution in [2.45, 2.75) is 19.4 Å². The van der Waals surface area contributed by atoms with E-state index in [1.54, 1.807) is 30.1 Å². The van der Waals surface area contributed by atoms with E-state index < -0.39 is 0 Å². The van der Waals surface area contributed by atoms with Crippen LogP contribution in [0.2, 0.25) is 0 Å². The zero-order valence-corrected chi connectivity index (χ0v) is 11.4. The summed E-state index contributed by atoms with van der Waals surface area (Å²) in [6.07, 6.45) is 0.308. The lowest BCUT2D eigenvalue weighted by molar-refractivity contribution is 0.0745. The summed E-state index contributed by atoms with van der Waals surface area (Å²) in [5.74, 6) is -0.146.